The fourth-order valence-corrected chi connectivity index (χ4v) is 3.26. The van der Waals surface area contributed by atoms with Crippen molar-refractivity contribution in [2.45, 2.75) is 13.3 Å². The second-order valence-corrected chi connectivity index (χ2v) is 7.61. The van der Waals surface area contributed by atoms with Gasteiger partial charge < -0.3 is 15.5 Å². The number of carbonyl (C=O) groups excluding carboxylic acids is 2. The number of nitrogens with zero attached hydrogens (tertiary/aromatic N) is 2. The summed E-state index contributed by atoms with van der Waals surface area (Å²) < 4.78 is 0. The number of benzene rings is 2. The van der Waals surface area contributed by atoms with Gasteiger partial charge in [0.05, 0.1) is 12.1 Å². The molecule has 3 N–H and O–H groups in total. The Labute approximate surface area is 173 Å². The van der Waals surface area contributed by atoms with Crippen molar-refractivity contribution in [3.8, 4) is 0 Å². The number of thiazole rings is 1. The first kappa shape index (κ1) is 20.3. The molecule has 0 aliphatic carbocycles. The molecule has 0 aliphatic heterocycles. The van der Waals surface area contributed by atoms with Gasteiger partial charge in [-0.1, -0.05) is 17.7 Å². The van der Waals surface area contributed by atoms with Crippen LogP contribution in [0, 0.1) is 6.92 Å². The molecular formula is C21H23N5O2S. The van der Waals surface area contributed by atoms with Crippen molar-refractivity contribution in [1.82, 2.24) is 4.98 Å². The number of amides is 3. The average molecular weight is 410 g/mol. The van der Waals surface area contributed by atoms with Crippen molar-refractivity contribution in [2.24, 2.45) is 0 Å². The smallest absolute Gasteiger partial charge is 0.325 e. The van der Waals surface area contributed by atoms with Crippen LogP contribution in [0.2, 0.25) is 0 Å². The van der Waals surface area contributed by atoms with Crippen LogP contribution in [-0.2, 0) is 11.2 Å². The molecule has 0 unspecified atom stereocenters. The zero-order valence-corrected chi connectivity index (χ0v) is 17.3. The fourth-order valence-electron chi connectivity index (χ4n) is 2.55. The molecule has 0 spiro atoms. The van der Waals surface area contributed by atoms with Gasteiger partial charge >= 0.3 is 6.03 Å². The van der Waals surface area contributed by atoms with E-state index in [-0.39, 0.29) is 18.4 Å². The van der Waals surface area contributed by atoms with Crippen LogP contribution < -0.4 is 20.9 Å². The number of aryl methyl sites for hydroxylation is 1. The summed E-state index contributed by atoms with van der Waals surface area (Å²) in [5.74, 6) is -0.163. The van der Waals surface area contributed by atoms with Gasteiger partial charge in [0.1, 0.15) is 0 Å². The molecule has 1 heterocycles. The van der Waals surface area contributed by atoms with Gasteiger partial charge in [-0.15, -0.1) is 11.3 Å². The minimum atomic E-state index is -0.375. The molecule has 0 saturated carbocycles. The van der Waals surface area contributed by atoms with E-state index in [2.05, 4.69) is 20.9 Å². The molecule has 29 heavy (non-hydrogen) atoms. The maximum atomic E-state index is 12.2. The largest absolute Gasteiger partial charge is 0.378 e. The molecule has 0 aliphatic rings. The normalized spacial score (nSPS) is 10.3. The SMILES string of the molecule is Cc1ccc(NC(=O)Nc2nc(CC(=O)Nc3ccc(N(C)C)cc3)cs2)cc1. The highest BCUT2D eigenvalue weighted by Crippen LogP contribution is 2.18. The van der Waals surface area contributed by atoms with Gasteiger partial charge in [0.25, 0.3) is 0 Å². The van der Waals surface area contributed by atoms with Crippen molar-refractivity contribution < 1.29 is 9.59 Å². The summed E-state index contributed by atoms with van der Waals surface area (Å²) in [6.07, 6.45) is 0.132. The summed E-state index contributed by atoms with van der Waals surface area (Å²) >= 11 is 1.28. The van der Waals surface area contributed by atoms with Gasteiger partial charge in [-0.2, -0.15) is 0 Å². The number of hydrogen-bond donors (Lipinski definition) is 3. The molecule has 8 heteroatoms. The molecule has 0 saturated heterocycles. The van der Waals surface area contributed by atoms with Crippen LogP contribution in [0.3, 0.4) is 0 Å². The minimum absolute atomic E-state index is 0.132. The van der Waals surface area contributed by atoms with Gasteiger partial charge in [-0.05, 0) is 43.3 Å². The predicted molar refractivity (Wildman–Crippen MR) is 119 cm³/mol. The second kappa shape index (κ2) is 9.20. The monoisotopic (exact) mass is 409 g/mol. The summed E-state index contributed by atoms with van der Waals surface area (Å²) in [4.78, 5) is 30.6. The standard InChI is InChI=1S/C21H23N5O2S/c1-14-4-6-16(7-5-14)23-20(28)25-21-24-17(13-29-21)12-19(27)22-15-8-10-18(11-9-15)26(2)3/h4-11,13H,12H2,1-3H3,(H,22,27)(H2,23,24,25,28). The number of urea groups is 1. The highest BCUT2D eigenvalue weighted by molar-refractivity contribution is 7.14. The summed E-state index contributed by atoms with van der Waals surface area (Å²) in [7, 11) is 3.92. The fraction of sp³-hybridized carbons (Fsp3) is 0.190. The third kappa shape index (κ3) is 6.05. The van der Waals surface area contributed by atoms with Crippen LogP contribution in [0.4, 0.5) is 27.0 Å². The first-order chi connectivity index (χ1) is 13.9. The van der Waals surface area contributed by atoms with Crippen molar-refractivity contribution in [1.29, 1.82) is 0 Å². The Kier molecular flexibility index (Phi) is 6.46. The summed E-state index contributed by atoms with van der Waals surface area (Å²) in [5, 5.41) is 10.5. The van der Waals surface area contributed by atoms with E-state index in [1.165, 1.54) is 11.3 Å². The van der Waals surface area contributed by atoms with Gasteiger partial charge in [0.15, 0.2) is 5.13 Å². The molecule has 0 radical (unpaired) electrons. The Bertz CT molecular complexity index is 981. The lowest BCUT2D eigenvalue weighted by Crippen LogP contribution is -2.19. The maximum Gasteiger partial charge on any atom is 0.325 e. The predicted octanol–water partition coefficient (Wildman–Crippen LogP) is 4.34. The van der Waals surface area contributed by atoms with Crippen molar-refractivity contribution in [3.05, 3.63) is 65.2 Å². The van der Waals surface area contributed by atoms with E-state index < -0.39 is 0 Å². The zero-order chi connectivity index (χ0) is 20.8. The number of hydrogen-bond acceptors (Lipinski definition) is 5. The van der Waals surface area contributed by atoms with Crippen molar-refractivity contribution in [2.75, 3.05) is 34.9 Å². The van der Waals surface area contributed by atoms with Gasteiger partial charge in [0.2, 0.25) is 5.91 Å². The molecule has 0 fully saturated rings. The topological polar surface area (TPSA) is 86.4 Å². The van der Waals surface area contributed by atoms with Crippen LogP contribution in [0.25, 0.3) is 0 Å². The second-order valence-electron chi connectivity index (χ2n) is 6.76. The molecule has 1 aromatic heterocycles. The summed E-state index contributed by atoms with van der Waals surface area (Å²) in [6, 6.07) is 14.7. The Morgan fingerprint density at radius 2 is 1.55 bits per heavy atom. The van der Waals surface area contributed by atoms with E-state index >= 15 is 0 Å². The highest BCUT2D eigenvalue weighted by Gasteiger charge is 2.10. The van der Waals surface area contributed by atoms with Gasteiger partial charge in [0, 0.05) is 36.5 Å². The Morgan fingerprint density at radius 1 is 0.931 bits per heavy atom. The Balaban J connectivity index is 1.50. The van der Waals surface area contributed by atoms with Crippen LogP contribution in [0.1, 0.15) is 11.3 Å². The zero-order valence-electron chi connectivity index (χ0n) is 16.5. The molecule has 7 nitrogen and oxygen atoms in total. The summed E-state index contributed by atoms with van der Waals surface area (Å²) in [5.41, 5.74) is 4.20. The first-order valence-corrected chi connectivity index (χ1v) is 9.93. The van der Waals surface area contributed by atoms with E-state index in [4.69, 9.17) is 0 Å². The number of aromatic nitrogens is 1. The van der Waals surface area contributed by atoms with E-state index in [0.717, 1.165) is 16.9 Å². The molecule has 150 valence electrons. The van der Waals surface area contributed by atoms with E-state index in [1.54, 1.807) is 5.38 Å². The van der Waals surface area contributed by atoms with E-state index in [0.29, 0.717) is 16.5 Å². The molecular weight excluding hydrogens is 386 g/mol. The van der Waals surface area contributed by atoms with Crippen molar-refractivity contribution in [3.63, 3.8) is 0 Å². The molecule has 3 aromatic rings. The third-order valence-electron chi connectivity index (χ3n) is 4.09. The molecule has 0 atom stereocenters. The number of anilines is 4. The van der Waals surface area contributed by atoms with Crippen molar-refractivity contribution >= 4 is 45.5 Å². The first-order valence-electron chi connectivity index (χ1n) is 9.05. The van der Waals surface area contributed by atoms with Crippen LogP contribution >= 0.6 is 11.3 Å². The van der Waals surface area contributed by atoms with Gasteiger partial charge in [-0.3, -0.25) is 10.1 Å². The molecule has 3 amide bonds. The lowest BCUT2D eigenvalue weighted by Gasteiger charge is -2.12. The number of nitrogens with one attached hydrogen (secondary N) is 3. The Morgan fingerprint density at radius 3 is 2.21 bits per heavy atom. The maximum absolute atomic E-state index is 12.2. The van der Waals surface area contributed by atoms with Crippen LogP contribution in [0.5, 0.6) is 0 Å². The molecule has 3 rings (SSSR count). The third-order valence-corrected chi connectivity index (χ3v) is 4.90. The quantitative estimate of drug-likeness (QED) is 0.565. The number of rotatable bonds is 6. The van der Waals surface area contributed by atoms with Crippen LogP contribution in [0.15, 0.2) is 53.9 Å². The lowest BCUT2D eigenvalue weighted by molar-refractivity contribution is -0.115. The molecule has 0 bridgehead atoms. The Hall–Kier alpha value is -3.39. The highest BCUT2D eigenvalue weighted by atomic mass is 32.1. The summed E-state index contributed by atoms with van der Waals surface area (Å²) in [6.45, 7) is 1.98. The molecule has 2 aromatic carbocycles. The van der Waals surface area contributed by atoms with Crippen LogP contribution in [-0.4, -0.2) is 31.0 Å². The average Bonchev–Trinajstić information content (AvgIpc) is 3.10. The lowest BCUT2D eigenvalue weighted by atomic mass is 10.2. The van der Waals surface area contributed by atoms with E-state index in [9.17, 15) is 9.59 Å². The van der Waals surface area contributed by atoms with E-state index in [1.807, 2.05) is 74.4 Å². The number of carbonyl (C=O) groups is 2. The van der Waals surface area contributed by atoms with Gasteiger partial charge in [-0.25, -0.2) is 9.78 Å². The minimum Gasteiger partial charge on any atom is -0.378 e.